The van der Waals surface area contributed by atoms with E-state index in [1.165, 1.54) is 36.6 Å². The predicted molar refractivity (Wildman–Crippen MR) is 134 cm³/mol. The standard InChI is InChI=1S/C24H20ClN3O3S2/c1-16-9-11-17(12-10-16)22-15-32-24(26-22)27-23(29)18-5-3-8-21(13-18)33(30,31)28(2)20-7-4-6-19(25)14-20/h3-15H,1-2H3,(H,26,27,29). The fourth-order valence-corrected chi connectivity index (χ4v) is 5.26. The fourth-order valence-electron chi connectivity index (χ4n) is 3.12. The van der Waals surface area contributed by atoms with Crippen LogP contribution in [-0.4, -0.2) is 26.4 Å². The first-order chi connectivity index (χ1) is 15.7. The van der Waals surface area contributed by atoms with Crippen LogP contribution in [0, 0.1) is 6.92 Å². The first-order valence-electron chi connectivity index (χ1n) is 9.92. The van der Waals surface area contributed by atoms with Gasteiger partial charge in [0, 0.05) is 28.6 Å². The van der Waals surface area contributed by atoms with Crippen molar-refractivity contribution in [3.63, 3.8) is 0 Å². The minimum Gasteiger partial charge on any atom is -0.298 e. The third-order valence-electron chi connectivity index (χ3n) is 5.00. The van der Waals surface area contributed by atoms with Crippen LogP contribution in [0.3, 0.4) is 0 Å². The van der Waals surface area contributed by atoms with Crippen LogP contribution in [0.15, 0.2) is 83.1 Å². The largest absolute Gasteiger partial charge is 0.298 e. The van der Waals surface area contributed by atoms with Gasteiger partial charge in [-0.3, -0.25) is 14.4 Å². The number of nitrogens with one attached hydrogen (secondary N) is 1. The summed E-state index contributed by atoms with van der Waals surface area (Å²) in [6.45, 7) is 2.01. The van der Waals surface area contributed by atoms with Gasteiger partial charge in [-0.2, -0.15) is 0 Å². The van der Waals surface area contributed by atoms with Crippen LogP contribution in [-0.2, 0) is 10.0 Å². The van der Waals surface area contributed by atoms with Crippen LogP contribution >= 0.6 is 22.9 Å². The molecule has 1 amide bonds. The number of nitrogens with zero attached hydrogens (tertiary/aromatic N) is 2. The molecule has 1 aromatic heterocycles. The maximum atomic E-state index is 13.1. The number of aryl methyl sites for hydroxylation is 1. The lowest BCUT2D eigenvalue weighted by atomic mass is 10.1. The SMILES string of the molecule is Cc1ccc(-c2csc(NC(=O)c3cccc(S(=O)(=O)N(C)c4cccc(Cl)c4)c3)n2)cc1. The quantitative estimate of drug-likeness (QED) is 0.362. The van der Waals surface area contributed by atoms with Gasteiger partial charge in [0.1, 0.15) is 0 Å². The van der Waals surface area contributed by atoms with Crippen LogP contribution < -0.4 is 9.62 Å². The van der Waals surface area contributed by atoms with Crippen molar-refractivity contribution in [1.82, 2.24) is 4.98 Å². The number of anilines is 2. The van der Waals surface area contributed by atoms with Crippen molar-refractivity contribution in [3.05, 3.63) is 94.3 Å². The summed E-state index contributed by atoms with van der Waals surface area (Å²) in [6.07, 6.45) is 0. The predicted octanol–water partition coefficient (Wildman–Crippen LogP) is 5.85. The van der Waals surface area contributed by atoms with Crippen LogP contribution in [0.2, 0.25) is 5.02 Å². The van der Waals surface area contributed by atoms with Gasteiger partial charge in [-0.25, -0.2) is 13.4 Å². The molecule has 0 aliphatic carbocycles. The van der Waals surface area contributed by atoms with E-state index in [4.69, 9.17) is 11.6 Å². The van der Waals surface area contributed by atoms with Gasteiger partial charge in [0.2, 0.25) is 0 Å². The number of hydrogen-bond acceptors (Lipinski definition) is 5. The third-order valence-corrected chi connectivity index (χ3v) is 7.77. The van der Waals surface area contributed by atoms with Gasteiger partial charge >= 0.3 is 0 Å². The number of thiazole rings is 1. The summed E-state index contributed by atoms with van der Waals surface area (Å²) < 4.78 is 27.3. The van der Waals surface area contributed by atoms with Crippen molar-refractivity contribution < 1.29 is 13.2 Å². The normalized spacial score (nSPS) is 11.2. The van der Waals surface area contributed by atoms with Gasteiger partial charge in [0.25, 0.3) is 15.9 Å². The number of hydrogen-bond donors (Lipinski definition) is 1. The smallest absolute Gasteiger partial charge is 0.264 e. The van der Waals surface area contributed by atoms with Gasteiger partial charge < -0.3 is 0 Å². The van der Waals surface area contributed by atoms with E-state index >= 15 is 0 Å². The number of carbonyl (C=O) groups excluding carboxylic acids is 1. The Balaban J connectivity index is 1.54. The number of sulfonamides is 1. The molecule has 4 rings (SSSR count). The zero-order valence-corrected chi connectivity index (χ0v) is 20.2. The van der Waals surface area contributed by atoms with E-state index in [0.29, 0.717) is 15.8 Å². The molecule has 0 atom stereocenters. The zero-order valence-electron chi connectivity index (χ0n) is 17.8. The topological polar surface area (TPSA) is 79.4 Å². The highest BCUT2D eigenvalue weighted by Crippen LogP contribution is 2.27. The molecule has 3 aromatic carbocycles. The van der Waals surface area contributed by atoms with E-state index in [-0.39, 0.29) is 10.5 Å². The summed E-state index contributed by atoms with van der Waals surface area (Å²) >= 11 is 7.30. The average Bonchev–Trinajstić information content (AvgIpc) is 3.27. The van der Waals surface area contributed by atoms with Crippen molar-refractivity contribution >= 4 is 49.7 Å². The highest BCUT2D eigenvalue weighted by Gasteiger charge is 2.23. The molecule has 6 nitrogen and oxygen atoms in total. The number of aromatic nitrogens is 1. The summed E-state index contributed by atoms with van der Waals surface area (Å²) in [6, 6.07) is 20.4. The Labute approximate surface area is 201 Å². The second-order valence-electron chi connectivity index (χ2n) is 7.34. The summed E-state index contributed by atoms with van der Waals surface area (Å²) in [4.78, 5) is 17.3. The summed E-state index contributed by atoms with van der Waals surface area (Å²) in [5.74, 6) is -0.442. The van der Waals surface area contributed by atoms with Crippen molar-refractivity contribution in [2.45, 2.75) is 11.8 Å². The Morgan fingerprint density at radius 2 is 1.76 bits per heavy atom. The first-order valence-corrected chi connectivity index (χ1v) is 12.6. The molecule has 168 valence electrons. The van der Waals surface area contributed by atoms with E-state index in [9.17, 15) is 13.2 Å². The Kier molecular flexibility index (Phi) is 6.51. The van der Waals surface area contributed by atoms with E-state index in [1.54, 1.807) is 30.3 Å². The molecular formula is C24H20ClN3O3S2. The number of amides is 1. The monoisotopic (exact) mass is 497 g/mol. The first kappa shape index (κ1) is 23.0. The molecule has 0 radical (unpaired) electrons. The maximum Gasteiger partial charge on any atom is 0.264 e. The molecule has 0 unspecified atom stereocenters. The maximum absolute atomic E-state index is 13.1. The van der Waals surface area contributed by atoms with Crippen LogP contribution in [0.5, 0.6) is 0 Å². The lowest BCUT2D eigenvalue weighted by Gasteiger charge is -2.20. The van der Waals surface area contributed by atoms with Gasteiger partial charge in [0.05, 0.1) is 16.3 Å². The molecule has 0 fully saturated rings. The molecule has 1 heterocycles. The van der Waals surface area contributed by atoms with E-state index in [1.807, 2.05) is 36.6 Å². The number of rotatable bonds is 6. The minimum absolute atomic E-state index is 0.00268. The molecule has 0 aliphatic rings. The van der Waals surface area contributed by atoms with Gasteiger partial charge in [0.15, 0.2) is 5.13 Å². The number of halogens is 1. The molecule has 33 heavy (non-hydrogen) atoms. The fraction of sp³-hybridized carbons (Fsp3) is 0.0833. The second kappa shape index (κ2) is 9.35. The van der Waals surface area contributed by atoms with Crippen molar-refractivity contribution in [2.24, 2.45) is 0 Å². The van der Waals surface area contributed by atoms with E-state index in [0.717, 1.165) is 21.1 Å². The molecule has 1 N–H and O–H groups in total. The molecule has 0 saturated heterocycles. The number of benzene rings is 3. The summed E-state index contributed by atoms with van der Waals surface area (Å²) in [5, 5.41) is 5.47. The molecular weight excluding hydrogens is 478 g/mol. The van der Waals surface area contributed by atoms with Crippen LogP contribution in [0.25, 0.3) is 11.3 Å². The molecule has 0 saturated carbocycles. The van der Waals surface area contributed by atoms with Gasteiger partial charge in [-0.05, 0) is 43.3 Å². The van der Waals surface area contributed by atoms with E-state index in [2.05, 4.69) is 10.3 Å². The number of carbonyl (C=O) groups is 1. The van der Waals surface area contributed by atoms with Crippen molar-refractivity contribution in [2.75, 3.05) is 16.7 Å². The molecule has 0 spiro atoms. The summed E-state index contributed by atoms with van der Waals surface area (Å²) in [7, 11) is -2.45. The van der Waals surface area contributed by atoms with Crippen molar-refractivity contribution in [3.8, 4) is 11.3 Å². The lowest BCUT2D eigenvalue weighted by Crippen LogP contribution is -2.26. The molecule has 0 bridgehead atoms. The highest BCUT2D eigenvalue weighted by atomic mass is 35.5. The Morgan fingerprint density at radius 1 is 1.03 bits per heavy atom. The average molecular weight is 498 g/mol. The zero-order chi connectivity index (χ0) is 23.6. The Morgan fingerprint density at radius 3 is 2.48 bits per heavy atom. The summed E-state index contributed by atoms with van der Waals surface area (Å²) in [5.41, 5.74) is 3.49. The van der Waals surface area contributed by atoms with Crippen LogP contribution in [0.1, 0.15) is 15.9 Å². The van der Waals surface area contributed by atoms with Crippen LogP contribution in [0.4, 0.5) is 10.8 Å². The molecule has 0 aliphatic heterocycles. The van der Waals surface area contributed by atoms with Gasteiger partial charge in [-0.1, -0.05) is 53.6 Å². The second-order valence-corrected chi connectivity index (χ2v) is 10.6. The molecule has 4 aromatic rings. The van der Waals surface area contributed by atoms with Gasteiger partial charge in [-0.15, -0.1) is 11.3 Å². The van der Waals surface area contributed by atoms with E-state index < -0.39 is 15.9 Å². The molecule has 9 heteroatoms. The minimum atomic E-state index is -3.89. The third kappa shape index (κ3) is 5.08. The Hall–Kier alpha value is -3.20. The highest BCUT2D eigenvalue weighted by molar-refractivity contribution is 7.92. The van der Waals surface area contributed by atoms with Crippen molar-refractivity contribution in [1.29, 1.82) is 0 Å². The lowest BCUT2D eigenvalue weighted by molar-refractivity contribution is 0.102. The Bertz CT molecular complexity index is 1420.